The number of hydrogen-bond acceptors (Lipinski definition) is 3. The lowest BCUT2D eigenvalue weighted by Crippen LogP contribution is -2.06. The predicted molar refractivity (Wildman–Crippen MR) is 93.9 cm³/mol. The monoisotopic (exact) mass is 427 g/mol. The first kappa shape index (κ1) is 16.8. The van der Waals surface area contributed by atoms with Crippen LogP contribution in [0.4, 0.5) is 5.69 Å². The van der Waals surface area contributed by atoms with Crippen LogP contribution in [0.3, 0.4) is 0 Å². The van der Waals surface area contributed by atoms with Crippen LogP contribution >= 0.6 is 31.9 Å². The summed E-state index contributed by atoms with van der Waals surface area (Å²) in [5.41, 5.74) is 2.88. The maximum atomic E-state index is 11.2. The Labute approximate surface area is 145 Å². The van der Waals surface area contributed by atoms with E-state index in [2.05, 4.69) is 37.2 Å². The highest BCUT2D eigenvalue weighted by atomic mass is 79.9. The number of benzene rings is 2. The van der Waals surface area contributed by atoms with Gasteiger partial charge in [-0.05, 0) is 74.2 Å². The van der Waals surface area contributed by atoms with Gasteiger partial charge in [0.15, 0.2) is 0 Å². The summed E-state index contributed by atoms with van der Waals surface area (Å²) in [6, 6.07) is 9.14. The molecule has 4 nitrogen and oxygen atoms in total. The van der Waals surface area contributed by atoms with Crippen molar-refractivity contribution in [2.24, 2.45) is 0 Å². The Bertz CT molecular complexity index is 694. The van der Waals surface area contributed by atoms with E-state index in [1.54, 1.807) is 26.2 Å². The van der Waals surface area contributed by atoms with Crippen molar-refractivity contribution in [1.29, 1.82) is 0 Å². The Morgan fingerprint density at radius 1 is 1.27 bits per heavy atom. The molecule has 22 heavy (non-hydrogen) atoms. The van der Waals surface area contributed by atoms with Gasteiger partial charge in [-0.1, -0.05) is 6.07 Å². The molecular weight excluding hydrogens is 414 g/mol. The van der Waals surface area contributed by atoms with Crippen molar-refractivity contribution in [1.82, 2.24) is 0 Å². The quantitative estimate of drug-likeness (QED) is 0.715. The van der Waals surface area contributed by atoms with E-state index in [4.69, 9.17) is 9.84 Å². The van der Waals surface area contributed by atoms with Gasteiger partial charge in [0.05, 0.1) is 21.6 Å². The average molecular weight is 429 g/mol. The van der Waals surface area contributed by atoms with E-state index < -0.39 is 5.97 Å². The molecule has 6 heteroatoms. The molecule has 0 saturated heterocycles. The van der Waals surface area contributed by atoms with Gasteiger partial charge >= 0.3 is 5.97 Å². The largest absolute Gasteiger partial charge is 0.494 e. The number of anilines is 1. The first-order valence-electron chi connectivity index (χ1n) is 6.52. The summed E-state index contributed by atoms with van der Waals surface area (Å²) in [5.74, 6) is -0.177. The second kappa shape index (κ2) is 7.15. The van der Waals surface area contributed by atoms with Gasteiger partial charge in [0.1, 0.15) is 5.75 Å². The topological polar surface area (TPSA) is 58.6 Å². The fourth-order valence-electron chi connectivity index (χ4n) is 2.17. The van der Waals surface area contributed by atoms with Gasteiger partial charge in [-0.2, -0.15) is 0 Å². The SMILES string of the molecule is COc1c(Br)cc(CNc2cccc(C(=O)O)c2C)cc1Br. The third-order valence-electron chi connectivity index (χ3n) is 3.31. The second-order valence-electron chi connectivity index (χ2n) is 4.73. The molecule has 0 spiro atoms. The molecule has 0 unspecified atom stereocenters. The third-order valence-corrected chi connectivity index (χ3v) is 4.49. The van der Waals surface area contributed by atoms with Crippen molar-refractivity contribution in [3.8, 4) is 5.75 Å². The minimum atomic E-state index is -0.920. The van der Waals surface area contributed by atoms with E-state index in [0.29, 0.717) is 12.1 Å². The van der Waals surface area contributed by atoms with Gasteiger partial charge in [-0.3, -0.25) is 0 Å². The summed E-state index contributed by atoms with van der Waals surface area (Å²) in [7, 11) is 1.61. The summed E-state index contributed by atoms with van der Waals surface area (Å²) >= 11 is 6.94. The molecule has 0 aliphatic carbocycles. The molecule has 116 valence electrons. The molecule has 0 bridgehead atoms. The predicted octanol–water partition coefficient (Wildman–Crippen LogP) is 4.84. The summed E-state index contributed by atoms with van der Waals surface area (Å²) in [5, 5.41) is 12.4. The fourth-order valence-corrected chi connectivity index (χ4v) is 3.77. The van der Waals surface area contributed by atoms with Gasteiger partial charge in [0.2, 0.25) is 0 Å². The van der Waals surface area contributed by atoms with E-state index in [9.17, 15) is 4.79 Å². The van der Waals surface area contributed by atoms with Crippen LogP contribution in [0.15, 0.2) is 39.3 Å². The molecule has 0 aliphatic rings. The summed E-state index contributed by atoms with van der Waals surface area (Å²) in [4.78, 5) is 11.2. The van der Waals surface area contributed by atoms with E-state index in [-0.39, 0.29) is 0 Å². The zero-order valence-corrected chi connectivity index (χ0v) is 15.3. The third kappa shape index (κ3) is 3.62. The second-order valence-corrected chi connectivity index (χ2v) is 6.44. The van der Waals surface area contributed by atoms with Crippen LogP contribution < -0.4 is 10.1 Å². The highest BCUT2D eigenvalue weighted by Crippen LogP contribution is 2.34. The summed E-state index contributed by atoms with van der Waals surface area (Å²) in [6.45, 7) is 2.37. The van der Waals surface area contributed by atoms with Crippen LogP contribution in [0.2, 0.25) is 0 Å². The highest BCUT2D eigenvalue weighted by molar-refractivity contribution is 9.11. The number of carboxylic acid groups (broad SMARTS) is 1. The Morgan fingerprint density at radius 2 is 1.91 bits per heavy atom. The standard InChI is InChI=1S/C16H15Br2NO3/c1-9-11(16(20)21)4-3-5-14(9)19-8-10-6-12(17)15(22-2)13(18)7-10/h3-7,19H,8H2,1-2H3,(H,20,21). The smallest absolute Gasteiger partial charge is 0.336 e. The van der Waals surface area contributed by atoms with Crippen molar-refractivity contribution in [3.05, 3.63) is 56.0 Å². The molecular formula is C16H15Br2NO3. The Balaban J connectivity index is 2.21. The van der Waals surface area contributed by atoms with Crippen LogP contribution in [0.1, 0.15) is 21.5 Å². The minimum Gasteiger partial charge on any atom is -0.494 e. The molecule has 0 atom stereocenters. The lowest BCUT2D eigenvalue weighted by Gasteiger charge is -2.13. The summed E-state index contributed by atoms with van der Waals surface area (Å²) in [6.07, 6.45) is 0. The van der Waals surface area contributed by atoms with Crippen LogP contribution in [0.25, 0.3) is 0 Å². The molecule has 0 radical (unpaired) electrons. The summed E-state index contributed by atoms with van der Waals surface area (Å²) < 4.78 is 6.99. The lowest BCUT2D eigenvalue weighted by atomic mass is 10.1. The molecule has 2 aromatic rings. The van der Waals surface area contributed by atoms with Crippen molar-refractivity contribution >= 4 is 43.5 Å². The van der Waals surface area contributed by atoms with Gasteiger partial charge in [-0.25, -0.2) is 4.79 Å². The van der Waals surface area contributed by atoms with E-state index >= 15 is 0 Å². The average Bonchev–Trinajstić information content (AvgIpc) is 2.45. The minimum absolute atomic E-state index is 0.307. The zero-order valence-electron chi connectivity index (χ0n) is 12.1. The molecule has 0 heterocycles. The lowest BCUT2D eigenvalue weighted by molar-refractivity contribution is 0.0696. The molecule has 2 aromatic carbocycles. The molecule has 0 aliphatic heterocycles. The number of halogens is 2. The number of rotatable bonds is 5. The Kier molecular flexibility index (Phi) is 5.47. The first-order chi connectivity index (χ1) is 10.4. The molecule has 2 rings (SSSR count). The number of ether oxygens (including phenoxy) is 1. The van der Waals surface area contributed by atoms with Crippen molar-refractivity contribution in [3.63, 3.8) is 0 Å². The fraction of sp³-hybridized carbons (Fsp3) is 0.188. The first-order valence-corrected chi connectivity index (χ1v) is 8.11. The molecule has 2 N–H and O–H groups in total. The van der Waals surface area contributed by atoms with Gasteiger partial charge in [-0.15, -0.1) is 0 Å². The van der Waals surface area contributed by atoms with E-state index in [1.807, 2.05) is 18.2 Å². The number of hydrogen-bond donors (Lipinski definition) is 2. The molecule has 0 fully saturated rings. The van der Waals surface area contributed by atoms with Crippen LogP contribution in [0.5, 0.6) is 5.75 Å². The van der Waals surface area contributed by atoms with E-state index in [0.717, 1.165) is 31.5 Å². The van der Waals surface area contributed by atoms with Crippen molar-refractivity contribution in [2.45, 2.75) is 13.5 Å². The van der Waals surface area contributed by atoms with E-state index in [1.165, 1.54) is 0 Å². The van der Waals surface area contributed by atoms with Crippen LogP contribution in [-0.2, 0) is 6.54 Å². The van der Waals surface area contributed by atoms with Crippen LogP contribution in [-0.4, -0.2) is 18.2 Å². The van der Waals surface area contributed by atoms with Crippen LogP contribution in [0, 0.1) is 6.92 Å². The molecule has 0 saturated carbocycles. The van der Waals surface area contributed by atoms with Gasteiger partial charge < -0.3 is 15.2 Å². The Morgan fingerprint density at radius 3 is 2.45 bits per heavy atom. The molecule has 0 aromatic heterocycles. The number of methoxy groups -OCH3 is 1. The highest BCUT2D eigenvalue weighted by Gasteiger charge is 2.11. The van der Waals surface area contributed by atoms with Gasteiger partial charge in [0.25, 0.3) is 0 Å². The Hall–Kier alpha value is -1.53. The number of aromatic carboxylic acids is 1. The maximum absolute atomic E-state index is 11.2. The number of carboxylic acids is 1. The van der Waals surface area contributed by atoms with Gasteiger partial charge in [0, 0.05) is 12.2 Å². The molecule has 0 amide bonds. The number of nitrogens with one attached hydrogen (secondary N) is 1. The maximum Gasteiger partial charge on any atom is 0.336 e. The zero-order chi connectivity index (χ0) is 16.3. The number of carbonyl (C=O) groups is 1. The van der Waals surface area contributed by atoms with Crippen molar-refractivity contribution in [2.75, 3.05) is 12.4 Å². The van der Waals surface area contributed by atoms with Crippen molar-refractivity contribution < 1.29 is 14.6 Å². The normalized spacial score (nSPS) is 10.4.